The smallest absolute Gasteiger partial charge is 0.244 e. The third-order valence-corrected chi connectivity index (χ3v) is 9.36. The maximum absolute atomic E-state index is 13.4. The Labute approximate surface area is 238 Å². The molecule has 1 fully saturated rings. The summed E-state index contributed by atoms with van der Waals surface area (Å²) in [7, 11) is -4.05. The Morgan fingerprint density at radius 2 is 1.80 bits per heavy atom. The van der Waals surface area contributed by atoms with E-state index in [0.29, 0.717) is 24.6 Å². The topological polar surface area (TPSA) is 151 Å². The van der Waals surface area contributed by atoms with Crippen LogP contribution in [0, 0.1) is 5.41 Å². The molecule has 1 spiro atoms. The van der Waals surface area contributed by atoms with Crippen LogP contribution in [0.5, 0.6) is 17.2 Å². The van der Waals surface area contributed by atoms with E-state index >= 15 is 0 Å². The number of pyridine rings is 1. The Morgan fingerprint density at radius 3 is 2.59 bits per heavy atom. The number of fused-ring (bicyclic) bond motifs is 2. The Hall–Kier alpha value is -3.26. The SMILES string of the molecule is O=S1(=O)NC[C@H](O)CN(Cc2cccc3c2OCO3)CC2(COc3cc(-c4cccnc4)ccc31)C[C@@H](O)[C@@H](O)C2. The monoisotopic (exact) mass is 583 g/mol. The summed E-state index contributed by atoms with van der Waals surface area (Å²) in [5.41, 5.74) is 1.63. The molecule has 3 heterocycles. The van der Waals surface area contributed by atoms with Crippen LogP contribution in [-0.4, -0.2) is 85.0 Å². The first-order valence-corrected chi connectivity index (χ1v) is 15.0. The molecule has 3 aliphatic rings. The number of aliphatic hydroxyl groups excluding tert-OH is 3. The van der Waals surface area contributed by atoms with Crippen molar-refractivity contribution in [2.24, 2.45) is 5.41 Å². The molecule has 4 N–H and O–H groups in total. The third-order valence-electron chi connectivity index (χ3n) is 7.90. The number of β-amino-alcohol motifs (C(OH)–C–C–N with tert-alkyl or cyclic N) is 1. The van der Waals surface area contributed by atoms with E-state index in [2.05, 4.69) is 9.71 Å². The van der Waals surface area contributed by atoms with E-state index in [0.717, 1.165) is 16.7 Å². The number of aliphatic hydroxyl groups is 3. The van der Waals surface area contributed by atoms with Crippen molar-refractivity contribution in [2.75, 3.05) is 33.0 Å². The highest BCUT2D eigenvalue weighted by Crippen LogP contribution is 2.42. The minimum Gasteiger partial charge on any atom is -0.492 e. The van der Waals surface area contributed by atoms with Crippen molar-refractivity contribution in [3.63, 3.8) is 0 Å². The number of para-hydroxylation sites is 1. The van der Waals surface area contributed by atoms with Crippen molar-refractivity contribution in [2.45, 2.75) is 42.6 Å². The average Bonchev–Trinajstić information content (AvgIpc) is 3.55. The van der Waals surface area contributed by atoms with Crippen LogP contribution in [0.4, 0.5) is 0 Å². The van der Waals surface area contributed by atoms with E-state index < -0.39 is 33.8 Å². The van der Waals surface area contributed by atoms with Crippen molar-refractivity contribution in [1.29, 1.82) is 0 Å². The molecule has 0 radical (unpaired) electrons. The Bertz CT molecular complexity index is 1490. The highest BCUT2D eigenvalue weighted by atomic mass is 32.2. The normalized spacial score (nSPS) is 27.9. The quantitative estimate of drug-likeness (QED) is 0.357. The lowest BCUT2D eigenvalue weighted by molar-refractivity contribution is 0.0423. The van der Waals surface area contributed by atoms with Crippen LogP contribution in [-0.2, 0) is 16.6 Å². The van der Waals surface area contributed by atoms with E-state index in [-0.39, 0.29) is 50.0 Å². The van der Waals surface area contributed by atoms with Crippen LogP contribution < -0.4 is 18.9 Å². The summed E-state index contributed by atoms with van der Waals surface area (Å²) in [5.74, 6) is 1.40. The number of aromatic nitrogens is 1. The van der Waals surface area contributed by atoms with Gasteiger partial charge in [-0.2, -0.15) is 0 Å². The van der Waals surface area contributed by atoms with E-state index in [9.17, 15) is 23.7 Å². The fourth-order valence-electron chi connectivity index (χ4n) is 5.98. The predicted molar refractivity (Wildman–Crippen MR) is 148 cm³/mol. The second kappa shape index (κ2) is 11.2. The number of nitrogens with one attached hydrogen (secondary N) is 1. The first-order valence-electron chi connectivity index (χ1n) is 13.5. The first-order chi connectivity index (χ1) is 19.7. The van der Waals surface area contributed by atoms with E-state index in [4.69, 9.17) is 14.2 Å². The zero-order valence-corrected chi connectivity index (χ0v) is 23.2. The number of hydrogen-bond donors (Lipinski definition) is 4. The van der Waals surface area contributed by atoms with Crippen LogP contribution in [0.2, 0.25) is 0 Å². The Kier molecular flexibility index (Phi) is 7.62. The number of benzene rings is 2. The van der Waals surface area contributed by atoms with Gasteiger partial charge < -0.3 is 29.5 Å². The number of hydrogen-bond acceptors (Lipinski definition) is 10. The minimum absolute atomic E-state index is 0.0409. The van der Waals surface area contributed by atoms with Gasteiger partial charge in [0.05, 0.1) is 24.9 Å². The number of nitrogens with zero attached hydrogens (tertiary/aromatic N) is 2. The number of sulfonamides is 1. The molecule has 2 aromatic carbocycles. The lowest BCUT2D eigenvalue weighted by Gasteiger charge is -2.37. The van der Waals surface area contributed by atoms with E-state index in [1.54, 1.807) is 30.6 Å². The highest BCUT2D eigenvalue weighted by molar-refractivity contribution is 7.89. The summed E-state index contributed by atoms with van der Waals surface area (Å²) in [4.78, 5) is 6.09. The standard InChI is InChI=1S/C29H33N3O8S/c33-22-13-31-41(36,37)27-7-6-19(20-4-2-8-30-12-20)9-26(27)38-17-29(10-23(34)24(35)11-29)16-32(15-22)14-21-3-1-5-25-28(21)40-18-39-25/h1-9,12,22-24,31,33-35H,10-11,13-18H2/t22-,23-,24+,29?/m0/s1. The lowest BCUT2D eigenvalue weighted by Crippen LogP contribution is -2.46. The molecule has 6 rings (SSSR count). The fraction of sp³-hybridized carbons (Fsp3) is 0.414. The molecule has 11 nitrogen and oxygen atoms in total. The van der Waals surface area contributed by atoms with Gasteiger partial charge in [-0.1, -0.05) is 24.3 Å². The maximum Gasteiger partial charge on any atom is 0.244 e. The second-order valence-corrected chi connectivity index (χ2v) is 12.8. The van der Waals surface area contributed by atoms with Crippen molar-refractivity contribution in [3.05, 3.63) is 66.5 Å². The van der Waals surface area contributed by atoms with Crippen molar-refractivity contribution < 1.29 is 37.9 Å². The highest BCUT2D eigenvalue weighted by Gasteiger charge is 2.46. The van der Waals surface area contributed by atoms with Crippen molar-refractivity contribution >= 4 is 10.0 Å². The van der Waals surface area contributed by atoms with Gasteiger partial charge in [-0.3, -0.25) is 9.88 Å². The van der Waals surface area contributed by atoms with Gasteiger partial charge in [0.25, 0.3) is 0 Å². The molecule has 1 aliphatic carbocycles. The molecule has 2 aliphatic heterocycles. The summed E-state index contributed by atoms with van der Waals surface area (Å²) in [6.07, 6.45) is 0.878. The Morgan fingerprint density at radius 1 is 0.976 bits per heavy atom. The molecule has 1 aromatic heterocycles. The largest absolute Gasteiger partial charge is 0.492 e. The van der Waals surface area contributed by atoms with Crippen LogP contribution in [0.15, 0.2) is 65.8 Å². The maximum atomic E-state index is 13.4. The molecule has 0 saturated heterocycles. The molecular formula is C29H33N3O8S. The van der Waals surface area contributed by atoms with Crippen LogP contribution >= 0.6 is 0 Å². The predicted octanol–water partition coefficient (Wildman–Crippen LogP) is 1.51. The van der Waals surface area contributed by atoms with Gasteiger partial charge in [-0.25, -0.2) is 13.1 Å². The van der Waals surface area contributed by atoms with E-state index in [1.807, 2.05) is 29.2 Å². The van der Waals surface area contributed by atoms with Gasteiger partial charge in [0.15, 0.2) is 11.5 Å². The van der Waals surface area contributed by atoms with Gasteiger partial charge in [0.2, 0.25) is 16.8 Å². The van der Waals surface area contributed by atoms with Gasteiger partial charge in [-0.05, 0) is 42.7 Å². The summed E-state index contributed by atoms with van der Waals surface area (Å²) < 4.78 is 46.8. The second-order valence-electron chi connectivity index (χ2n) is 11.1. The van der Waals surface area contributed by atoms with Gasteiger partial charge >= 0.3 is 0 Å². The van der Waals surface area contributed by atoms with E-state index in [1.165, 1.54) is 6.07 Å². The van der Waals surface area contributed by atoms with Crippen LogP contribution in [0.3, 0.4) is 0 Å². The van der Waals surface area contributed by atoms with Crippen molar-refractivity contribution in [1.82, 2.24) is 14.6 Å². The molecule has 3 aromatic rings. The van der Waals surface area contributed by atoms with Crippen molar-refractivity contribution in [3.8, 4) is 28.4 Å². The molecule has 0 amide bonds. The molecule has 4 atom stereocenters. The number of ether oxygens (including phenoxy) is 3. The van der Waals surface area contributed by atoms with Gasteiger partial charge in [0.1, 0.15) is 10.6 Å². The number of rotatable bonds is 3. The zero-order chi connectivity index (χ0) is 28.6. The summed E-state index contributed by atoms with van der Waals surface area (Å²) >= 11 is 0. The molecule has 1 saturated carbocycles. The minimum atomic E-state index is -4.05. The molecular weight excluding hydrogens is 550 g/mol. The fourth-order valence-corrected chi connectivity index (χ4v) is 7.18. The average molecular weight is 584 g/mol. The molecule has 1 unspecified atom stereocenters. The summed E-state index contributed by atoms with van der Waals surface area (Å²) in [6.45, 7) is 0.812. The van der Waals surface area contributed by atoms with Crippen LogP contribution in [0.25, 0.3) is 11.1 Å². The summed E-state index contributed by atoms with van der Waals surface area (Å²) in [6, 6.07) is 14.1. The molecule has 218 valence electrons. The summed E-state index contributed by atoms with van der Waals surface area (Å²) in [5, 5.41) is 32.2. The lowest BCUT2D eigenvalue weighted by atomic mass is 9.85. The van der Waals surface area contributed by atoms with Crippen LogP contribution in [0.1, 0.15) is 18.4 Å². The Balaban J connectivity index is 1.37. The molecule has 41 heavy (non-hydrogen) atoms. The van der Waals surface area contributed by atoms with Gasteiger partial charge in [-0.15, -0.1) is 0 Å². The third kappa shape index (κ3) is 5.89. The molecule has 0 bridgehead atoms. The van der Waals surface area contributed by atoms with Gasteiger partial charge in [0, 0.05) is 55.1 Å². The first kappa shape index (κ1) is 27.9. The zero-order valence-electron chi connectivity index (χ0n) is 22.3. The molecule has 12 heteroatoms.